The van der Waals surface area contributed by atoms with Crippen LogP contribution in [0, 0.1) is 11.3 Å². The summed E-state index contributed by atoms with van der Waals surface area (Å²) < 4.78 is 0. The third kappa shape index (κ3) is 8.49. The van der Waals surface area contributed by atoms with Gasteiger partial charge in [0, 0.05) is 37.5 Å². The highest BCUT2D eigenvalue weighted by Gasteiger charge is 2.09. The first-order valence-electron chi connectivity index (χ1n) is 8.17. The number of carboxylic acids is 1. The Hall–Kier alpha value is -3.34. The summed E-state index contributed by atoms with van der Waals surface area (Å²) in [5.41, 5.74) is 1.04. The van der Waals surface area contributed by atoms with Crippen LogP contribution in [0.4, 0.5) is 11.4 Å². The quantitative estimate of drug-likeness (QED) is 0.288. The van der Waals surface area contributed by atoms with E-state index in [0.717, 1.165) is 12.8 Å². The van der Waals surface area contributed by atoms with Crippen LogP contribution in [-0.4, -0.2) is 29.4 Å². The van der Waals surface area contributed by atoms with Crippen LogP contribution in [0.2, 0.25) is 0 Å². The number of nitrogens with zero attached hydrogens (tertiary/aromatic N) is 1. The van der Waals surface area contributed by atoms with Crippen molar-refractivity contribution in [1.82, 2.24) is 5.32 Å². The molecule has 138 valence electrons. The first-order valence-corrected chi connectivity index (χ1v) is 8.17. The Balaban J connectivity index is 2.44. The summed E-state index contributed by atoms with van der Waals surface area (Å²) in [5, 5.41) is 25.7. The molecule has 0 bridgehead atoms. The van der Waals surface area contributed by atoms with Crippen LogP contribution in [0.25, 0.3) is 0 Å². The molecule has 8 heteroatoms. The number of carboxylic acid groups (broad SMARTS) is 1. The molecule has 0 saturated carbocycles. The van der Waals surface area contributed by atoms with Crippen molar-refractivity contribution < 1.29 is 19.5 Å². The first-order chi connectivity index (χ1) is 12.4. The van der Waals surface area contributed by atoms with Crippen LogP contribution < -0.4 is 16.0 Å². The second-order valence-electron chi connectivity index (χ2n) is 5.54. The summed E-state index contributed by atoms with van der Waals surface area (Å²) >= 11 is 0. The maximum atomic E-state index is 12.1. The predicted octanol–water partition coefficient (Wildman–Crippen LogP) is 2.23. The molecule has 0 aliphatic heterocycles. The molecule has 2 amide bonds. The van der Waals surface area contributed by atoms with E-state index in [1.165, 1.54) is 13.1 Å². The number of nitriles is 1. The molecule has 0 heterocycles. The van der Waals surface area contributed by atoms with E-state index in [-0.39, 0.29) is 17.9 Å². The number of nitrogens with one attached hydrogen (secondary N) is 3. The molecule has 0 fully saturated rings. The predicted molar refractivity (Wildman–Crippen MR) is 97.2 cm³/mol. The van der Waals surface area contributed by atoms with Gasteiger partial charge in [-0.25, -0.2) is 0 Å². The van der Waals surface area contributed by atoms with E-state index in [2.05, 4.69) is 16.0 Å². The minimum Gasteiger partial charge on any atom is -0.481 e. The van der Waals surface area contributed by atoms with Gasteiger partial charge < -0.3 is 21.1 Å². The number of rotatable bonds is 10. The Morgan fingerprint density at radius 3 is 2.23 bits per heavy atom. The molecule has 0 unspecified atom stereocenters. The number of carbonyl (C=O) groups is 3. The first kappa shape index (κ1) is 20.7. The Labute approximate surface area is 151 Å². The number of hydrogen-bond acceptors (Lipinski definition) is 5. The van der Waals surface area contributed by atoms with Crippen molar-refractivity contribution >= 4 is 29.2 Å². The minimum absolute atomic E-state index is 0.0681. The fourth-order valence-corrected chi connectivity index (χ4v) is 2.04. The van der Waals surface area contributed by atoms with Crippen LogP contribution in [0.3, 0.4) is 0 Å². The fraction of sp³-hybridized carbons (Fsp3) is 0.333. The van der Waals surface area contributed by atoms with Gasteiger partial charge in [-0.3, -0.25) is 14.4 Å². The zero-order valence-corrected chi connectivity index (χ0v) is 14.5. The van der Waals surface area contributed by atoms with E-state index < -0.39 is 11.9 Å². The van der Waals surface area contributed by atoms with Gasteiger partial charge in [0.05, 0.1) is 0 Å². The number of aliphatic carboxylic acids is 1. The number of benzene rings is 1. The normalized spacial score (nSPS) is 10.5. The zero-order valence-electron chi connectivity index (χ0n) is 14.5. The van der Waals surface area contributed by atoms with Crippen molar-refractivity contribution in [2.75, 3.05) is 17.2 Å². The van der Waals surface area contributed by atoms with Gasteiger partial charge in [0.25, 0.3) is 5.91 Å². The van der Waals surface area contributed by atoms with Crippen LogP contribution in [-0.2, 0) is 14.4 Å². The molecule has 8 nitrogen and oxygen atoms in total. The Bertz CT molecular complexity index is 705. The largest absolute Gasteiger partial charge is 0.481 e. The van der Waals surface area contributed by atoms with E-state index in [9.17, 15) is 14.4 Å². The highest BCUT2D eigenvalue weighted by molar-refractivity contribution is 6.06. The van der Waals surface area contributed by atoms with E-state index in [4.69, 9.17) is 10.4 Å². The lowest BCUT2D eigenvalue weighted by Gasteiger charge is -2.07. The molecule has 1 aromatic carbocycles. The summed E-state index contributed by atoms with van der Waals surface area (Å²) in [6.07, 6.45) is 3.58. The molecule has 1 rings (SSSR count). The summed E-state index contributed by atoms with van der Waals surface area (Å²) in [7, 11) is 0. The molecular weight excluding hydrogens is 336 g/mol. The van der Waals surface area contributed by atoms with Crippen molar-refractivity contribution in [3.63, 3.8) is 0 Å². The van der Waals surface area contributed by atoms with Gasteiger partial charge in [-0.05, 0) is 37.1 Å². The number of carbonyl (C=O) groups excluding carboxylic acids is 2. The minimum atomic E-state index is -0.814. The Kier molecular flexibility index (Phi) is 8.96. The van der Waals surface area contributed by atoms with Crippen molar-refractivity contribution in [3.8, 4) is 6.07 Å². The van der Waals surface area contributed by atoms with Crippen molar-refractivity contribution in [2.24, 2.45) is 0 Å². The monoisotopic (exact) mass is 358 g/mol. The third-order valence-corrected chi connectivity index (χ3v) is 3.29. The number of anilines is 2. The molecular formula is C18H22N4O4. The molecule has 0 aliphatic carbocycles. The number of unbranched alkanes of at least 4 members (excludes halogenated alkanes) is 2. The molecule has 0 saturated heterocycles. The van der Waals surface area contributed by atoms with Crippen molar-refractivity contribution in [2.45, 2.75) is 32.6 Å². The van der Waals surface area contributed by atoms with Crippen LogP contribution in [0.5, 0.6) is 0 Å². The maximum absolute atomic E-state index is 12.1. The standard InChI is InChI=1S/C18H22N4O4/c1-13(23)21-15-6-8-16(9-7-15)22-18(26)14(11-19)12-20-10-4-2-3-5-17(24)25/h6-9,12,20H,2-5,10H2,1H3,(H,21,23)(H,22,26)(H,24,25)/b14-12-. The van der Waals surface area contributed by atoms with Crippen LogP contribution in [0.15, 0.2) is 36.0 Å². The maximum Gasteiger partial charge on any atom is 0.303 e. The molecule has 0 atom stereocenters. The smallest absolute Gasteiger partial charge is 0.303 e. The number of hydrogen-bond donors (Lipinski definition) is 4. The molecule has 1 aromatic rings. The van der Waals surface area contributed by atoms with E-state index in [1.807, 2.05) is 6.07 Å². The average molecular weight is 358 g/mol. The molecule has 0 spiro atoms. The van der Waals surface area contributed by atoms with Gasteiger partial charge in [0.1, 0.15) is 11.6 Å². The molecule has 26 heavy (non-hydrogen) atoms. The van der Waals surface area contributed by atoms with E-state index >= 15 is 0 Å². The lowest BCUT2D eigenvalue weighted by Crippen LogP contribution is -2.17. The van der Waals surface area contributed by atoms with Gasteiger partial charge in [-0.15, -0.1) is 0 Å². The van der Waals surface area contributed by atoms with Crippen LogP contribution in [0.1, 0.15) is 32.6 Å². The second-order valence-corrected chi connectivity index (χ2v) is 5.54. The highest BCUT2D eigenvalue weighted by atomic mass is 16.4. The second kappa shape index (κ2) is 11.3. The third-order valence-electron chi connectivity index (χ3n) is 3.29. The van der Waals surface area contributed by atoms with Gasteiger partial charge in [0.2, 0.25) is 5.91 Å². The Morgan fingerprint density at radius 1 is 1.08 bits per heavy atom. The van der Waals surface area contributed by atoms with E-state index in [1.54, 1.807) is 24.3 Å². The van der Waals surface area contributed by atoms with Crippen molar-refractivity contribution in [1.29, 1.82) is 5.26 Å². The summed E-state index contributed by atoms with van der Waals surface area (Å²) in [4.78, 5) is 33.4. The topological polar surface area (TPSA) is 131 Å². The highest BCUT2D eigenvalue weighted by Crippen LogP contribution is 2.14. The molecule has 4 N–H and O–H groups in total. The lowest BCUT2D eigenvalue weighted by molar-refractivity contribution is -0.137. The number of amides is 2. The summed E-state index contributed by atoms with van der Waals surface area (Å²) in [6, 6.07) is 8.35. The summed E-state index contributed by atoms with van der Waals surface area (Å²) in [5.74, 6) is -1.55. The van der Waals surface area contributed by atoms with E-state index in [0.29, 0.717) is 24.3 Å². The lowest BCUT2D eigenvalue weighted by atomic mass is 10.2. The van der Waals surface area contributed by atoms with Gasteiger partial charge >= 0.3 is 5.97 Å². The molecule has 0 aromatic heterocycles. The summed E-state index contributed by atoms with van der Waals surface area (Å²) in [6.45, 7) is 1.95. The molecule has 0 aliphatic rings. The zero-order chi connectivity index (χ0) is 19.4. The fourth-order valence-electron chi connectivity index (χ4n) is 2.04. The van der Waals surface area contributed by atoms with Crippen molar-refractivity contribution in [3.05, 3.63) is 36.0 Å². The Morgan fingerprint density at radius 2 is 1.69 bits per heavy atom. The van der Waals surface area contributed by atoms with Gasteiger partial charge in [0.15, 0.2) is 0 Å². The van der Waals surface area contributed by atoms with Gasteiger partial charge in [-0.2, -0.15) is 5.26 Å². The average Bonchev–Trinajstić information content (AvgIpc) is 2.58. The van der Waals surface area contributed by atoms with Gasteiger partial charge in [-0.1, -0.05) is 6.42 Å². The molecule has 0 radical (unpaired) electrons. The SMILES string of the molecule is CC(=O)Nc1ccc(NC(=O)/C(C#N)=C\NCCCCCC(=O)O)cc1. The van der Waals surface area contributed by atoms with Crippen LogP contribution >= 0.6 is 0 Å².